The molecule has 0 saturated heterocycles. The summed E-state index contributed by atoms with van der Waals surface area (Å²) in [5.74, 6) is 1.10. The lowest BCUT2D eigenvalue weighted by Crippen LogP contribution is -2.08. The van der Waals surface area contributed by atoms with Crippen molar-refractivity contribution in [3.63, 3.8) is 0 Å². The smallest absolute Gasteiger partial charge is 0.296 e. The molecule has 1 unspecified atom stereocenters. The van der Waals surface area contributed by atoms with Crippen LogP contribution in [0.5, 0.6) is 0 Å². The van der Waals surface area contributed by atoms with Gasteiger partial charge in [-0.3, -0.25) is 4.57 Å². The summed E-state index contributed by atoms with van der Waals surface area (Å²) < 4.78 is 24.6. The fraction of sp³-hybridized carbons (Fsp3) is 0.800. The van der Waals surface area contributed by atoms with E-state index in [1.807, 2.05) is 0 Å². The van der Waals surface area contributed by atoms with Gasteiger partial charge in [0.25, 0.3) is 14.2 Å². The van der Waals surface area contributed by atoms with E-state index in [0.29, 0.717) is 5.92 Å². The van der Waals surface area contributed by atoms with Crippen molar-refractivity contribution in [1.82, 2.24) is 14.8 Å². The van der Waals surface area contributed by atoms with Gasteiger partial charge in [0.15, 0.2) is 0 Å². The molecule has 0 radical (unpaired) electrons. The van der Waals surface area contributed by atoms with Crippen molar-refractivity contribution >= 4 is 19.7 Å². The van der Waals surface area contributed by atoms with Crippen LogP contribution in [0.25, 0.3) is 0 Å². The van der Waals surface area contributed by atoms with Crippen LogP contribution < -0.4 is 0 Å². The SMILES string of the molecule is CC1(C)CC1c1nnc(S(=O)(=O)Cl)n1C1CC1. The molecule has 2 aliphatic carbocycles. The van der Waals surface area contributed by atoms with E-state index in [1.54, 1.807) is 4.57 Å². The highest BCUT2D eigenvalue weighted by Crippen LogP contribution is 2.59. The van der Waals surface area contributed by atoms with Gasteiger partial charge in [-0.1, -0.05) is 13.8 Å². The highest BCUT2D eigenvalue weighted by atomic mass is 35.7. The fourth-order valence-electron chi connectivity index (χ4n) is 2.28. The minimum atomic E-state index is -3.80. The first-order valence-corrected chi connectivity index (χ1v) is 8.01. The summed E-state index contributed by atoms with van der Waals surface area (Å²) in [6.07, 6.45) is 3.00. The molecule has 5 nitrogen and oxygen atoms in total. The van der Waals surface area contributed by atoms with Gasteiger partial charge < -0.3 is 0 Å². The first kappa shape index (κ1) is 11.5. The average molecular weight is 276 g/mol. The maximum Gasteiger partial charge on any atom is 0.296 e. The molecule has 2 saturated carbocycles. The van der Waals surface area contributed by atoms with Crippen LogP contribution >= 0.6 is 10.7 Å². The molecule has 7 heteroatoms. The van der Waals surface area contributed by atoms with E-state index in [-0.39, 0.29) is 16.6 Å². The summed E-state index contributed by atoms with van der Waals surface area (Å²) in [6.45, 7) is 4.30. The van der Waals surface area contributed by atoms with Crippen LogP contribution in [0, 0.1) is 5.41 Å². The Balaban J connectivity index is 2.09. The van der Waals surface area contributed by atoms with Crippen LogP contribution in [0.4, 0.5) is 0 Å². The van der Waals surface area contributed by atoms with E-state index >= 15 is 0 Å². The standard InChI is InChI=1S/C10H14ClN3O2S/c1-10(2)5-7(10)8-12-13-9(17(11,15)16)14(8)6-3-4-6/h6-7H,3-5H2,1-2H3. The molecule has 0 bridgehead atoms. The molecule has 1 heterocycles. The normalized spacial score (nSPS) is 27.1. The summed E-state index contributed by atoms with van der Waals surface area (Å²) in [4.78, 5) is 0. The number of halogens is 1. The topological polar surface area (TPSA) is 64.8 Å². The number of hydrogen-bond acceptors (Lipinski definition) is 4. The third-order valence-electron chi connectivity index (χ3n) is 3.65. The van der Waals surface area contributed by atoms with Crippen LogP contribution in [0.1, 0.15) is 50.9 Å². The third-order valence-corrected chi connectivity index (χ3v) is 4.77. The summed E-state index contributed by atoms with van der Waals surface area (Å²) in [5, 5.41) is 7.74. The maximum absolute atomic E-state index is 11.4. The molecule has 0 spiro atoms. The van der Waals surface area contributed by atoms with Crippen molar-refractivity contribution in [2.45, 2.75) is 50.2 Å². The van der Waals surface area contributed by atoms with Crippen LogP contribution in [0.2, 0.25) is 0 Å². The molecular formula is C10H14ClN3O2S. The second kappa shape index (κ2) is 3.23. The number of aromatic nitrogens is 3. The molecule has 1 aromatic heterocycles. The minimum absolute atomic E-state index is 0.0839. The van der Waals surface area contributed by atoms with Crippen LogP contribution in [0.15, 0.2) is 5.16 Å². The lowest BCUT2D eigenvalue weighted by molar-refractivity contribution is 0.549. The Morgan fingerprint density at radius 2 is 1.94 bits per heavy atom. The summed E-state index contributed by atoms with van der Waals surface area (Å²) >= 11 is 0. The quantitative estimate of drug-likeness (QED) is 0.792. The van der Waals surface area contributed by atoms with Crippen molar-refractivity contribution in [2.75, 3.05) is 0 Å². The molecule has 17 heavy (non-hydrogen) atoms. The molecule has 0 aromatic carbocycles. The van der Waals surface area contributed by atoms with Crippen molar-refractivity contribution in [1.29, 1.82) is 0 Å². The first-order valence-electron chi connectivity index (χ1n) is 5.70. The fourth-order valence-corrected chi connectivity index (χ4v) is 3.21. The van der Waals surface area contributed by atoms with E-state index in [0.717, 1.165) is 25.1 Å². The molecule has 2 aliphatic rings. The zero-order valence-electron chi connectivity index (χ0n) is 9.72. The van der Waals surface area contributed by atoms with E-state index in [4.69, 9.17) is 10.7 Å². The lowest BCUT2D eigenvalue weighted by Gasteiger charge is -2.08. The van der Waals surface area contributed by atoms with Gasteiger partial charge in [-0.25, -0.2) is 8.42 Å². The average Bonchev–Trinajstić information content (AvgIpc) is 3.06. The van der Waals surface area contributed by atoms with Gasteiger partial charge in [-0.15, -0.1) is 10.2 Å². The van der Waals surface area contributed by atoms with Gasteiger partial charge in [0.2, 0.25) is 0 Å². The largest absolute Gasteiger partial charge is 0.297 e. The predicted molar refractivity (Wildman–Crippen MR) is 62.5 cm³/mol. The second-order valence-electron chi connectivity index (χ2n) is 5.63. The van der Waals surface area contributed by atoms with Crippen LogP contribution in [0.3, 0.4) is 0 Å². The van der Waals surface area contributed by atoms with E-state index < -0.39 is 9.05 Å². The summed E-state index contributed by atoms with van der Waals surface area (Å²) in [6, 6.07) is 0.222. The molecule has 1 atom stereocenters. The Bertz CT molecular complexity index is 574. The Morgan fingerprint density at radius 3 is 2.35 bits per heavy atom. The lowest BCUT2D eigenvalue weighted by atomic mass is 10.1. The zero-order valence-corrected chi connectivity index (χ0v) is 11.3. The highest BCUT2D eigenvalue weighted by Gasteiger charge is 2.51. The van der Waals surface area contributed by atoms with Gasteiger partial charge in [-0.05, 0) is 24.7 Å². The van der Waals surface area contributed by atoms with Crippen molar-refractivity contribution in [2.24, 2.45) is 5.41 Å². The number of rotatable bonds is 3. The Morgan fingerprint density at radius 1 is 1.35 bits per heavy atom. The molecular weight excluding hydrogens is 262 g/mol. The number of hydrogen-bond donors (Lipinski definition) is 0. The van der Waals surface area contributed by atoms with Crippen molar-refractivity contribution in [3.8, 4) is 0 Å². The van der Waals surface area contributed by atoms with Crippen LogP contribution in [-0.2, 0) is 9.05 Å². The second-order valence-corrected chi connectivity index (χ2v) is 8.08. The van der Waals surface area contributed by atoms with Gasteiger partial charge in [-0.2, -0.15) is 0 Å². The molecule has 0 aliphatic heterocycles. The van der Waals surface area contributed by atoms with Gasteiger partial charge in [0, 0.05) is 22.6 Å². The van der Waals surface area contributed by atoms with E-state index in [9.17, 15) is 8.42 Å². The van der Waals surface area contributed by atoms with Crippen molar-refractivity contribution < 1.29 is 8.42 Å². The molecule has 2 fully saturated rings. The first-order chi connectivity index (χ1) is 7.81. The molecule has 3 rings (SSSR count). The monoisotopic (exact) mass is 275 g/mol. The maximum atomic E-state index is 11.4. The Kier molecular flexibility index (Phi) is 2.18. The van der Waals surface area contributed by atoms with Crippen molar-refractivity contribution in [3.05, 3.63) is 5.82 Å². The zero-order chi connectivity index (χ0) is 12.4. The van der Waals surface area contributed by atoms with E-state index in [1.165, 1.54) is 0 Å². The number of nitrogens with zero attached hydrogens (tertiary/aromatic N) is 3. The van der Waals surface area contributed by atoms with Crippen LogP contribution in [-0.4, -0.2) is 23.2 Å². The Hall–Kier alpha value is -0.620. The summed E-state index contributed by atoms with van der Waals surface area (Å²) in [5.41, 5.74) is 0.201. The molecule has 1 aromatic rings. The minimum Gasteiger partial charge on any atom is -0.297 e. The molecule has 94 valence electrons. The van der Waals surface area contributed by atoms with Gasteiger partial charge >= 0.3 is 0 Å². The highest BCUT2D eigenvalue weighted by molar-refractivity contribution is 8.13. The predicted octanol–water partition coefficient (Wildman–Crippen LogP) is 2.05. The third kappa shape index (κ3) is 1.87. The van der Waals surface area contributed by atoms with Gasteiger partial charge in [0.1, 0.15) is 5.82 Å². The molecule has 0 N–H and O–H groups in total. The summed E-state index contributed by atoms with van der Waals surface area (Å²) in [7, 11) is 1.59. The Labute approximate surface area is 105 Å². The van der Waals surface area contributed by atoms with Gasteiger partial charge in [0.05, 0.1) is 0 Å². The molecule has 0 amide bonds. The van der Waals surface area contributed by atoms with E-state index in [2.05, 4.69) is 24.0 Å².